The lowest BCUT2D eigenvalue weighted by Gasteiger charge is -2.25. The second kappa shape index (κ2) is 7.17. The van der Waals surface area contributed by atoms with Gasteiger partial charge in [0, 0.05) is 31.5 Å². The molecule has 2 fully saturated rings. The fourth-order valence-corrected chi connectivity index (χ4v) is 5.49. The Bertz CT molecular complexity index is 1040. The lowest BCUT2D eigenvalue weighted by Crippen LogP contribution is -2.40. The summed E-state index contributed by atoms with van der Waals surface area (Å²) >= 11 is 0. The molecule has 1 aliphatic heterocycles. The molecule has 4 rings (SSSR count). The van der Waals surface area contributed by atoms with E-state index in [4.69, 9.17) is 4.52 Å². The quantitative estimate of drug-likeness (QED) is 0.773. The summed E-state index contributed by atoms with van der Waals surface area (Å²) in [5.41, 5.74) is 0.923. The van der Waals surface area contributed by atoms with Crippen LogP contribution < -0.4 is 4.72 Å². The second-order valence-corrected chi connectivity index (χ2v) is 10.1. The van der Waals surface area contributed by atoms with Crippen LogP contribution in [0.15, 0.2) is 23.0 Å². The van der Waals surface area contributed by atoms with E-state index in [9.17, 15) is 13.2 Å². The molecule has 1 saturated carbocycles. The number of aromatic nitrogens is 3. The Morgan fingerprint density at radius 3 is 2.83 bits per heavy atom. The third-order valence-corrected chi connectivity index (χ3v) is 7.42. The van der Waals surface area contributed by atoms with Crippen molar-refractivity contribution in [3.05, 3.63) is 41.3 Å². The second-order valence-electron chi connectivity index (χ2n) is 8.09. The van der Waals surface area contributed by atoms with Gasteiger partial charge < -0.3 is 9.42 Å². The normalized spacial score (nSPS) is 26.7. The van der Waals surface area contributed by atoms with Gasteiger partial charge in [-0.2, -0.15) is 4.98 Å². The Morgan fingerprint density at radius 1 is 1.38 bits per heavy atom. The van der Waals surface area contributed by atoms with Crippen LogP contribution in [-0.4, -0.2) is 59.2 Å². The molecular weight excluding hydrogens is 394 g/mol. The number of nitrogens with one attached hydrogen (secondary N) is 1. The van der Waals surface area contributed by atoms with Gasteiger partial charge in [0.2, 0.25) is 15.9 Å². The molecule has 2 aliphatic rings. The van der Waals surface area contributed by atoms with E-state index in [0.29, 0.717) is 43.2 Å². The Balaban J connectivity index is 1.62. The smallest absolute Gasteiger partial charge is 0.255 e. The first kappa shape index (κ1) is 20.0. The van der Waals surface area contributed by atoms with E-state index in [1.165, 1.54) is 0 Å². The van der Waals surface area contributed by atoms with Gasteiger partial charge >= 0.3 is 0 Å². The van der Waals surface area contributed by atoms with Crippen LogP contribution in [0.4, 0.5) is 0 Å². The summed E-state index contributed by atoms with van der Waals surface area (Å²) in [5.74, 6) is 0.992. The molecule has 0 aromatic carbocycles. The molecule has 1 saturated heterocycles. The van der Waals surface area contributed by atoms with Gasteiger partial charge in [0.05, 0.1) is 16.7 Å². The Kier molecular flexibility index (Phi) is 4.94. The van der Waals surface area contributed by atoms with Crippen LogP contribution in [0.2, 0.25) is 0 Å². The Morgan fingerprint density at radius 2 is 2.17 bits per heavy atom. The highest BCUT2D eigenvalue weighted by atomic mass is 32.2. The van der Waals surface area contributed by atoms with Gasteiger partial charge in [-0.3, -0.25) is 9.78 Å². The number of hydrogen-bond acceptors (Lipinski definition) is 7. The summed E-state index contributed by atoms with van der Waals surface area (Å²) in [6, 6.07) is 1.61. The minimum atomic E-state index is -3.32. The first-order valence-electron chi connectivity index (χ1n) is 9.74. The molecule has 0 spiro atoms. The van der Waals surface area contributed by atoms with Crippen molar-refractivity contribution < 1.29 is 17.7 Å². The van der Waals surface area contributed by atoms with Gasteiger partial charge in [0.1, 0.15) is 0 Å². The van der Waals surface area contributed by atoms with E-state index in [1.54, 1.807) is 31.1 Å². The number of nitrogens with zero attached hydrogens (tertiary/aromatic N) is 4. The minimum absolute atomic E-state index is 0.0335. The summed E-state index contributed by atoms with van der Waals surface area (Å²) < 4.78 is 32.5. The highest BCUT2D eigenvalue weighted by Gasteiger charge is 2.58. The van der Waals surface area contributed by atoms with Crippen molar-refractivity contribution >= 4 is 15.9 Å². The molecule has 3 heterocycles. The van der Waals surface area contributed by atoms with E-state index < -0.39 is 15.4 Å². The maximum absolute atomic E-state index is 13.1. The minimum Gasteiger partial charge on any atom is -0.339 e. The first-order chi connectivity index (χ1) is 13.7. The standard InChI is InChI=1S/C19H25N5O4S/c1-4-29(26,27)23-16-6-15-10-24(17(25)14-5-12(2)8-20-9-14)11-19(15,7-16)18-21-13(3)22-28-18/h5,8-9,15-16,23H,4,6-7,10-11H2,1-3H3/t15-,16+,19-/m0/s1. The molecule has 2 aromatic rings. The molecule has 0 bridgehead atoms. The van der Waals surface area contributed by atoms with Crippen molar-refractivity contribution in [3.8, 4) is 0 Å². The van der Waals surface area contributed by atoms with Crippen LogP contribution in [0, 0.1) is 19.8 Å². The topological polar surface area (TPSA) is 118 Å². The fraction of sp³-hybridized carbons (Fsp3) is 0.579. The number of rotatable bonds is 5. The van der Waals surface area contributed by atoms with E-state index in [-0.39, 0.29) is 23.6 Å². The Hall–Kier alpha value is -2.33. The molecule has 1 amide bonds. The monoisotopic (exact) mass is 419 g/mol. The van der Waals surface area contributed by atoms with Crippen LogP contribution in [-0.2, 0) is 15.4 Å². The predicted molar refractivity (Wildman–Crippen MR) is 105 cm³/mol. The van der Waals surface area contributed by atoms with E-state index in [2.05, 4.69) is 19.8 Å². The lowest BCUT2D eigenvalue weighted by molar-refractivity contribution is 0.0773. The average molecular weight is 420 g/mol. The van der Waals surface area contributed by atoms with Crippen LogP contribution in [0.3, 0.4) is 0 Å². The zero-order valence-electron chi connectivity index (χ0n) is 16.8. The molecule has 1 N–H and O–H groups in total. The molecule has 29 heavy (non-hydrogen) atoms. The number of hydrogen-bond donors (Lipinski definition) is 1. The molecule has 0 unspecified atom stereocenters. The molecular formula is C19H25N5O4S. The lowest BCUT2D eigenvalue weighted by atomic mass is 9.80. The number of amides is 1. The summed E-state index contributed by atoms with van der Waals surface area (Å²) in [7, 11) is -3.32. The van der Waals surface area contributed by atoms with Crippen molar-refractivity contribution in [2.24, 2.45) is 5.92 Å². The van der Waals surface area contributed by atoms with Crippen molar-refractivity contribution in [1.29, 1.82) is 0 Å². The molecule has 1 aliphatic carbocycles. The number of carbonyl (C=O) groups is 1. The third-order valence-electron chi connectivity index (χ3n) is 5.96. The predicted octanol–water partition coefficient (Wildman–Crippen LogP) is 1.19. The van der Waals surface area contributed by atoms with Crippen molar-refractivity contribution in [1.82, 2.24) is 24.7 Å². The van der Waals surface area contributed by atoms with Crippen molar-refractivity contribution in [2.75, 3.05) is 18.8 Å². The van der Waals surface area contributed by atoms with Gasteiger partial charge in [-0.15, -0.1) is 0 Å². The van der Waals surface area contributed by atoms with E-state index >= 15 is 0 Å². The number of sulfonamides is 1. The fourth-order valence-electron chi connectivity index (χ4n) is 4.64. The van der Waals surface area contributed by atoms with Crippen LogP contribution >= 0.6 is 0 Å². The summed E-state index contributed by atoms with van der Waals surface area (Å²) in [5, 5.41) is 3.93. The van der Waals surface area contributed by atoms with E-state index in [1.807, 2.05) is 13.0 Å². The molecule has 3 atom stereocenters. The van der Waals surface area contributed by atoms with Crippen molar-refractivity contribution in [3.63, 3.8) is 0 Å². The van der Waals surface area contributed by atoms with Crippen LogP contribution in [0.1, 0.15) is 47.4 Å². The van der Waals surface area contributed by atoms with Crippen LogP contribution in [0.25, 0.3) is 0 Å². The zero-order chi connectivity index (χ0) is 20.8. The number of likely N-dealkylation sites (tertiary alicyclic amines) is 1. The maximum Gasteiger partial charge on any atom is 0.255 e. The number of carbonyl (C=O) groups excluding carboxylic acids is 1. The largest absolute Gasteiger partial charge is 0.339 e. The van der Waals surface area contributed by atoms with Crippen molar-refractivity contribution in [2.45, 2.75) is 45.1 Å². The molecule has 0 radical (unpaired) electrons. The maximum atomic E-state index is 13.1. The van der Waals surface area contributed by atoms with Gasteiger partial charge in [-0.1, -0.05) is 5.16 Å². The number of fused-ring (bicyclic) bond motifs is 1. The molecule has 9 nitrogen and oxygen atoms in total. The highest BCUT2D eigenvalue weighted by Crippen LogP contribution is 2.50. The summed E-state index contributed by atoms with van der Waals surface area (Å²) in [6.45, 7) is 6.19. The summed E-state index contributed by atoms with van der Waals surface area (Å²) in [6.07, 6.45) is 4.43. The molecule has 156 valence electrons. The number of aryl methyl sites for hydroxylation is 2. The SMILES string of the molecule is CCS(=O)(=O)N[C@@H]1C[C@H]2CN(C(=O)c3cncc(C)c3)C[C@@]2(c2nc(C)no2)C1. The van der Waals surface area contributed by atoms with Crippen LogP contribution in [0.5, 0.6) is 0 Å². The first-order valence-corrected chi connectivity index (χ1v) is 11.4. The molecule has 2 aromatic heterocycles. The average Bonchev–Trinajstić information content (AvgIpc) is 3.33. The van der Waals surface area contributed by atoms with Gasteiger partial charge in [0.25, 0.3) is 5.91 Å². The number of pyridine rings is 1. The molecule has 10 heteroatoms. The zero-order valence-corrected chi connectivity index (χ0v) is 17.6. The highest BCUT2D eigenvalue weighted by molar-refractivity contribution is 7.89. The Labute approximate surface area is 169 Å². The summed E-state index contributed by atoms with van der Waals surface area (Å²) in [4.78, 5) is 23.4. The van der Waals surface area contributed by atoms with Gasteiger partial charge in [-0.05, 0) is 51.2 Å². The van der Waals surface area contributed by atoms with E-state index in [0.717, 1.165) is 5.56 Å². The van der Waals surface area contributed by atoms with Gasteiger partial charge in [-0.25, -0.2) is 13.1 Å². The van der Waals surface area contributed by atoms with Gasteiger partial charge in [0.15, 0.2) is 5.82 Å². The third kappa shape index (κ3) is 3.66.